The summed E-state index contributed by atoms with van der Waals surface area (Å²) in [6.07, 6.45) is 5.78. The Labute approximate surface area is 60.1 Å². The lowest BCUT2D eigenvalue weighted by molar-refractivity contribution is 0.721. The average molecular weight is 134 g/mol. The van der Waals surface area contributed by atoms with Crippen LogP contribution in [0, 0.1) is 0 Å². The number of nitrogens with zero attached hydrogens (tertiary/aromatic N) is 1. The molecule has 52 valence electrons. The van der Waals surface area contributed by atoms with Crippen molar-refractivity contribution in [2.75, 3.05) is 0 Å². The smallest absolute Gasteiger partial charge is 0.0303 e. The lowest BCUT2D eigenvalue weighted by atomic mass is 10.2. The van der Waals surface area contributed by atoms with E-state index in [1.807, 2.05) is 12.4 Å². The first-order valence-electron chi connectivity index (χ1n) is 3.53. The fourth-order valence-corrected chi connectivity index (χ4v) is 1.48. The first-order valence-corrected chi connectivity index (χ1v) is 3.53. The van der Waals surface area contributed by atoms with Crippen LogP contribution in [-0.2, 0) is 12.8 Å². The summed E-state index contributed by atoms with van der Waals surface area (Å²) < 4.78 is 0. The Kier molecular flexibility index (Phi) is 1.21. The molecule has 1 heterocycles. The maximum Gasteiger partial charge on any atom is 0.0303 e. The molecule has 1 unspecified atom stereocenters. The van der Waals surface area contributed by atoms with Crippen LogP contribution in [0.5, 0.6) is 0 Å². The molecular weight excluding hydrogens is 124 g/mol. The number of nitrogens with two attached hydrogens (primary N) is 1. The van der Waals surface area contributed by atoms with Crippen LogP contribution in [0.25, 0.3) is 0 Å². The normalized spacial score (nSPS) is 22.7. The largest absolute Gasteiger partial charge is 0.327 e. The highest BCUT2D eigenvalue weighted by Crippen LogP contribution is 2.18. The topological polar surface area (TPSA) is 38.9 Å². The van der Waals surface area contributed by atoms with Crippen molar-refractivity contribution in [1.29, 1.82) is 0 Å². The third-order valence-corrected chi connectivity index (χ3v) is 1.97. The summed E-state index contributed by atoms with van der Waals surface area (Å²) >= 11 is 0. The quantitative estimate of drug-likeness (QED) is 0.561. The first kappa shape index (κ1) is 5.86. The summed E-state index contributed by atoms with van der Waals surface area (Å²) in [4.78, 5) is 4.04. The van der Waals surface area contributed by atoms with Gasteiger partial charge in [-0.25, -0.2) is 0 Å². The Morgan fingerprint density at radius 1 is 1.40 bits per heavy atom. The van der Waals surface area contributed by atoms with Gasteiger partial charge in [-0.1, -0.05) is 0 Å². The van der Waals surface area contributed by atoms with Crippen molar-refractivity contribution in [1.82, 2.24) is 4.98 Å². The number of fused-ring (bicyclic) bond motifs is 1. The van der Waals surface area contributed by atoms with Crippen molar-refractivity contribution >= 4 is 0 Å². The van der Waals surface area contributed by atoms with Crippen molar-refractivity contribution in [2.24, 2.45) is 5.73 Å². The summed E-state index contributed by atoms with van der Waals surface area (Å²) in [5.41, 5.74) is 8.46. The van der Waals surface area contributed by atoms with E-state index in [0.29, 0.717) is 6.04 Å². The molecule has 0 aromatic carbocycles. The van der Waals surface area contributed by atoms with Crippen molar-refractivity contribution in [3.8, 4) is 0 Å². The van der Waals surface area contributed by atoms with Gasteiger partial charge in [-0.3, -0.25) is 4.98 Å². The fourth-order valence-electron chi connectivity index (χ4n) is 1.48. The maximum absolute atomic E-state index is 5.76. The van der Waals surface area contributed by atoms with Crippen LogP contribution in [0.3, 0.4) is 0 Å². The maximum atomic E-state index is 5.76. The van der Waals surface area contributed by atoms with Gasteiger partial charge in [0.15, 0.2) is 0 Å². The van der Waals surface area contributed by atoms with Gasteiger partial charge in [-0.15, -0.1) is 0 Å². The van der Waals surface area contributed by atoms with E-state index in [0.717, 1.165) is 12.8 Å². The van der Waals surface area contributed by atoms with Crippen LogP contribution in [-0.4, -0.2) is 11.0 Å². The van der Waals surface area contributed by atoms with Crippen LogP contribution < -0.4 is 5.73 Å². The standard InChI is InChI=1S/C8H10N2/c9-8-3-6-1-2-10-5-7(6)4-8/h1-2,5,8H,3-4,9H2. The van der Waals surface area contributed by atoms with E-state index in [9.17, 15) is 0 Å². The minimum atomic E-state index is 0.333. The highest BCUT2D eigenvalue weighted by molar-refractivity contribution is 5.29. The van der Waals surface area contributed by atoms with Crippen molar-refractivity contribution in [3.63, 3.8) is 0 Å². The fraction of sp³-hybridized carbons (Fsp3) is 0.375. The van der Waals surface area contributed by atoms with E-state index < -0.39 is 0 Å². The molecule has 0 saturated heterocycles. The van der Waals surface area contributed by atoms with Gasteiger partial charge in [-0.2, -0.15) is 0 Å². The summed E-state index contributed by atoms with van der Waals surface area (Å²) in [5, 5.41) is 0. The average Bonchev–Trinajstić information content (AvgIpc) is 2.27. The Morgan fingerprint density at radius 2 is 2.20 bits per heavy atom. The van der Waals surface area contributed by atoms with Gasteiger partial charge < -0.3 is 5.73 Å². The van der Waals surface area contributed by atoms with E-state index in [-0.39, 0.29) is 0 Å². The van der Waals surface area contributed by atoms with Crippen LogP contribution in [0.2, 0.25) is 0 Å². The zero-order chi connectivity index (χ0) is 6.97. The molecule has 0 radical (unpaired) electrons. The predicted octanol–water partition coefficient (Wildman–Crippen LogP) is 0.508. The summed E-state index contributed by atoms with van der Waals surface area (Å²) in [5.74, 6) is 0. The highest BCUT2D eigenvalue weighted by atomic mass is 14.7. The van der Waals surface area contributed by atoms with Crippen molar-refractivity contribution < 1.29 is 0 Å². The molecule has 2 N–H and O–H groups in total. The number of hydrogen-bond acceptors (Lipinski definition) is 2. The molecular formula is C8H10N2. The molecule has 0 saturated carbocycles. The van der Waals surface area contributed by atoms with E-state index in [1.165, 1.54) is 11.1 Å². The molecule has 1 aliphatic carbocycles. The molecule has 0 aliphatic heterocycles. The third-order valence-electron chi connectivity index (χ3n) is 1.97. The molecule has 2 heteroatoms. The number of aromatic nitrogens is 1. The molecule has 10 heavy (non-hydrogen) atoms. The molecule has 1 aromatic rings. The second-order valence-electron chi connectivity index (χ2n) is 2.81. The molecule has 1 aromatic heterocycles. The monoisotopic (exact) mass is 134 g/mol. The molecule has 0 bridgehead atoms. The van der Waals surface area contributed by atoms with Gasteiger partial charge in [0.05, 0.1) is 0 Å². The summed E-state index contributed by atoms with van der Waals surface area (Å²) in [6.45, 7) is 0. The van der Waals surface area contributed by atoms with Gasteiger partial charge in [-0.05, 0) is 30.0 Å². The minimum absolute atomic E-state index is 0.333. The Balaban J connectivity index is 2.42. The Morgan fingerprint density at radius 3 is 3.00 bits per heavy atom. The Bertz CT molecular complexity index is 220. The van der Waals surface area contributed by atoms with E-state index in [1.54, 1.807) is 0 Å². The lowest BCUT2D eigenvalue weighted by Gasteiger charge is -1.94. The van der Waals surface area contributed by atoms with Gasteiger partial charge in [0.2, 0.25) is 0 Å². The molecule has 0 spiro atoms. The zero-order valence-corrected chi connectivity index (χ0v) is 5.75. The summed E-state index contributed by atoms with van der Waals surface area (Å²) in [6, 6.07) is 2.39. The third kappa shape index (κ3) is 0.809. The SMILES string of the molecule is NC1Cc2ccncc2C1. The van der Waals surface area contributed by atoms with Gasteiger partial charge in [0.25, 0.3) is 0 Å². The number of rotatable bonds is 0. The molecule has 2 rings (SSSR count). The van der Waals surface area contributed by atoms with Crippen LogP contribution in [0.15, 0.2) is 18.5 Å². The van der Waals surface area contributed by atoms with E-state index in [4.69, 9.17) is 5.73 Å². The number of pyridine rings is 1. The van der Waals surface area contributed by atoms with Crippen LogP contribution in [0.1, 0.15) is 11.1 Å². The molecule has 1 aliphatic rings. The minimum Gasteiger partial charge on any atom is -0.327 e. The van der Waals surface area contributed by atoms with E-state index >= 15 is 0 Å². The van der Waals surface area contributed by atoms with Crippen LogP contribution in [0.4, 0.5) is 0 Å². The van der Waals surface area contributed by atoms with Crippen LogP contribution >= 0.6 is 0 Å². The molecule has 1 atom stereocenters. The van der Waals surface area contributed by atoms with E-state index in [2.05, 4.69) is 11.1 Å². The second-order valence-corrected chi connectivity index (χ2v) is 2.81. The highest BCUT2D eigenvalue weighted by Gasteiger charge is 2.16. The Hall–Kier alpha value is -0.890. The molecule has 2 nitrogen and oxygen atoms in total. The number of hydrogen-bond donors (Lipinski definition) is 1. The second kappa shape index (κ2) is 2.06. The van der Waals surface area contributed by atoms with Gasteiger partial charge >= 0.3 is 0 Å². The first-order chi connectivity index (χ1) is 4.86. The lowest BCUT2D eigenvalue weighted by Crippen LogP contribution is -2.18. The molecule has 0 amide bonds. The van der Waals surface area contributed by atoms with Crippen molar-refractivity contribution in [2.45, 2.75) is 18.9 Å². The zero-order valence-electron chi connectivity index (χ0n) is 5.75. The molecule has 0 fully saturated rings. The summed E-state index contributed by atoms with van der Waals surface area (Å²) in [7, 11) is 0. The predicted molar refractivity (Wildman–Crippen MR) is 39.6 cm³/mol. The van der Waals surface area contributed by atoms with Crippen molar-refractivity contribution in [3.05, 3.63) is 29.6 Å². The van der Waals surface area contributed by atoms with Gasteiger partial charge in [0, 0.05) is 18.4 Å². The van der Waals surface area contributed by atoms with Gasteiger partial charge in [0.1, 0.15) is 0 Å².